The number of amides is 1. The lowest BCUT2D eigenvalue weighted by atomic mass is 9.85. The first kappa shape index (κ1) is 15.6. The molecule has 2 rings (SSSR count). The number of nitrogens with one attached hydrogen (secondary N) is 1. The lowest BCUT2D eigenvalue weighted by molar-refractivity contribution is -0.182. The van der Waals surface area contributed by atoms with Gasteiger partial charge in [0.05, 0.1) is 5.92 Å². The van der Waals surface area contributed by atoms with Gasteiger partial charge in [-0.2, -0.15) is 13.2 Å². The lowest BCUT2D eigenvalue weighted by Crippen LogP contribution is -2.46. The Balaban J connectivity index is 1.74. The predicted octanol–water partition coefficient (Wildman–Crippen LogP) is 2.89. The molecule has 0 aromatic rings. The van der Waals surface area contributed by atoms with E-state index in [4.69, 9.17) is 5.73 Å². The average molecular weight is 292 g/mol. The summed E-state index contributed by atoms with van der Waals surface area (Å²) in [5, 5.41) is 2.86. The number of carbonyl (C=O) groups excluding carboxylic acids is 1. The van der Waals surface area contributed by atoms with Crippen molar-refractivity contribution in [2.24, 2.45) is 11.7 Å². The zero-order chi connectivity index (χ0) is 14.8. The smallest absolute Gasteiger partial charge is 0.353 e. The monoisotopic (exact) mass is 292 g/mol. The van der Waals surface area contributed by atoms with E-state index in [1.807, 2.05) is 0 Å². The first-order chi connectivity index (χ1) is 9.28. The molecule has 20 heavy (non-hydrogen) atoms. The molecule has 1 amide bonds. The van der Waals surface area contributed by atoms with E-state index < -0.39 is 17.6 Å². The minimum absolute atomic E-state index is 0.107. The molecule has 0 heterocycles. The van der Waals surface area contributed by atoms with Gasteiger partial charge in [-0.25, -0.2) is 0 Å². The number of hydrogen-bond donors (Lipinski definition) is 2. The second-order valence-electron chi connectivity index (χ2n) is 6.40. The van der Waals surface area contributed by atoms with E-state index in [-0.39, 0.29) is 24.8 Å². The van der Waals surface area contributed by atoms with Crippen LogP contribution in [-0.2, 0) is 4.79 Å². The maximum atomic E-state index is 12.5. The van der Waals surface area contributed by atoms with Gasteiger partial charge in [0.15, 0.2) is 0 Å². The van der Waals surface area contributed by atoms with Gasteiger partial charge in [0, 0.05) is 18.0 Å². The molecule has 2 aliphatic rings. The van der Waals surface area contributed by atoms with Gasteiger partial charge in [-0.15, -0.1) is 0 Å². The Morgan fingerprint density at radius 3 is 2.20 bits per heavy atom. The normalized spacial score (nSPS) is 30.2. The maximum Gasteiger partial charge on any atom is 0.391 e. The van der Waals surface area contributed by atoms with E-state index in [9.17, 15) is 18.0 Å². The van der Waals surface area contributed by atoms with E-state index in [0.29, 0.717) is 19.3 Å². The van der Waals surface area contributed by atoms with Crippen LogP contribution in [0.15, 0.2) is 0 Å². The Hall–Kier alpha value is -0.780. The summed E-state index contributed by atoms with van der Waals surface area (Å²) in [4.78, 5) is 11.9. The molecule has 0 spiro atoms. The maximum absolute atomic E-state index is 12.5. The molecule has 0 bridgehead atoms. The van der Waals surface area contributed by atoms with Gasteiger partial charge in [-0.05, 0) is 38.5 Å². The van der Waals surface area contributed by atoms with E-state index in [2.05, 4.69) is 5.32 Å². The van der Waals surface area contributed by atoms with Crippen LogP contribution < -0.4 is 11.1 Å². The SMILES string of the molecule is NC1(CC(=O)NC2CCC(C(F)(F)F)CC2)CCCC1. The van der Waals surface area contributed by atoms with Crippen molar-refractivity contribution >= 4 is 5.91 Å². The second kappa shape index (κ2) is 5.92. The predicted molar refractivity (Wildman–Crippen MR) is 69.9 cm³/mol. The average Bonchev–Trinajstić information content (AvgIpc) is 2.74. The summed E-state index contributed by atoms with van der Waals surface area (Å²) in [5.41, 5.74) is 5.74. The summed E-state index contributed by atoms with van der Waals surface area (Å²) in [6, 6.07) is -0.119. The third-order valence-electron chi connectivity index (χ3n) is 4.67. The molecular weight excluding hydrogens is 269 g/mol. The minimum atomic E-state index is -4.10. The van der Waals surface area contributed by atoms with Crippen LogP contribution in [0.5, 0.6) is 0 Å². The van der Waals surface area contributed by atoms with Crippen LogP contribution in [0.4, 0.5) is 13.2 Å². The summed E-state index contributed by atoms with van der Waals surface area (Å²) in [7, 11) is 0. The van der Waals surface area contributed by atoms with E-state index >= 15 is 0 Å². The van der Waals surface area contributed by atoms with E-state index in [0.717, 1.165) is 25.7 Å². The molecule has 2 saturated carbocycles. The quantitative estimate of drug-likeness (QED) is 0.840. The highest BCUT2D eigenvalue weighted by Gasteiger charge is 2.41. The fraction of sp³-hybridized carbons (Fsp3) is 0.929. The van der Waals surface area contributed by atoms with Crippen molar-refractivity contribution in [1.82, 2.24) is 5.32 Å². The molecule has 2 fully saturated rings. The molecule has 6 heteroatoms. The summed E-state index contributed by atoms with van der Waals surface area (Å²) in [6.07, 6.45) is 1.08. The van der Waals surface area contributed by atoms with Crippen LogP contribution in [0.3, 0.4) is 0 Å². The minimum Gasteiger partial charge on any atom is -0.353 e. The van der Waals surface area contributed by atoms with Crippen molar-refractivity contribution in [2.75, 3.05) is 0 Å². The molecule has 0 saturated heterocycles. The molecule has 116 valence electrons. The Labute approximate surface area is 117 Å². The van der Waals surface area contributed by atoms with Crippen LogP contribution in [0.25, 0.3) is 0 Å². The molecule has 2 aliphatic carbocycles. The Morgan fingerprint density at radius 1 is 1.15 bits per heavy atom. The summed E-state index contributed by atoms with van der Waals surface area (Å²) in [5.74, 6) is -1.31. The fourth-order valence-corrected chi connectivity index (χ4v) is 3.42. The van der Waals surface area contributed by atoms with Crippen molar-refractivity contribution in [1.29, 1.82) is 0 Å². The largest absolute Gasteiger partial charge is 0.391 e. The van der Waals surface area contributed by atoms with Crippen LogP contribution in [0, 0.1) is 5.92 Å². The van der Waals surface area contributed by atoms with Crippen molar-refractivity contribution < 1.29 is 18.0 Å². The Morgan fingerprint density at radius 2 is 1.70 bits per heavy atom. The number of alkyl halides is 3. The molecule has 0 aliphatic heterocycles. The highest BCUT2D eigenvalue weighted by atomic mass is 19.4. The standard InChI is InChI=1S/C14H23F3N2O/c15-14(16,17)10-3-5-11(6-4-10)19-12(20)9-13(18)7-1-2-8-13/h10-11H,1-9,18H2,(H,19,20). The van der Waals surface area contributed by atoms with Crippen LogP contribution >= 0.6 is 0 Å². The number of carbonyl (C=O) groups is 1. The number of hydrogen-bond acceptors (Lipinski definition) is 2. The van der Waals surface area contributed by atoms with Gasteiger partial charge in [-0.1, -0.05) is 12.8 Å². The third kappa shape index (κ3) is 4.11. The topological polar surface area (TPSA) is 55.1 Å². The van der Waals surface area contributed by atoms with Gasteiger partial charge in [-0.3, -0.25) is 4.79 Å². The van der Waals surface area contributed by atoms with E-state index in [1.54, 1.807) is 0 Å². The Bertz CT molecular complexity index is 343. The molecule has 3 nitrogen and oxygen atoms in total. The molecular formula is C14H23F3N2O. The molecule has 3 N–H and O–H groups in total. The lowest BCUT2D eigenvalue weighted by Gasteiger charge is -2.31. The number of rotatable bonds is 3. The highest BCUT2D eigenvalue weighted by Crippen LogP contribution is 2.37. The van der Waals surface area contributed by atoms with Crippen LogP contribution in [0.2, 0.25) is 0 Å². The van der Waals surface area contributed by atoms with E-state index in [1.165, 1.54) is 0 Å². The number of halogens is 3. The molecule has 0 aromatic heterocycles. The van der Waals surface area contributed by atoms with Crippen LogP contribution in [0.1, 0.15) is 57.8 Å². The van der Waals surface area contributed by atoms with Crippen molar-refractivity contribution in [3.8, 4) is 0 Å². The summed E-state index contributed by atoms with van der Waals surface area (Å²) in [6.45, 7) is 0. The highest BCUT2D eigenvalue weighted by molar-refractivity contribution is 5.77. The van der Waals surface area contributed by atoms with Gasteiger partial charge in [0.25, 0.3) is 0 Å². The van der Waals surface area contributed by atoms with Gasteiger partial charge in [0.2, 0.25) is 5.91 Å². The first-order valence-corrected chi connectivity index (χ1v) is 7.43. The van der Waals surface area contributed by atoms with Crippen LogP contribution in [-0.4, -0.2) is 23.7 Å². The zero-order valence-electron chi connectivity index (χ0n) is 11.6. The zero-order valence-corrected chi connectivity index (χ0v) is 11.6. The molecule has 0 radical (unpaired) electrons. The number of nitrogens with two attached hydrogens (primary N) is 1. The second-order valence-corrected chi connectivity index (χ2v) is 6.40. The van der Waals surface area contributed by atoms with Crippen molar-refractivity contribution in [2.45, 2.75) is 75.5 Å². The van der Waals surface area contributed by atoms with Gasteiger partial charge < -0.3 is 11.1 Å². The van der Waals surface area contributed by atoms with Crippen molar-refractivity contribution in [3.63, 3.8) is 0 Å². The van der Waals surface area contributed by atoms with Gasteiger partial charge in [0.1, 0.15) is 0 Å². The molecule has 0 unspecified atom stereocenters. The Kier molecular flexibility index (Phi) is 4.62. The molecule has 0 aromatic carbocycles. The van der Waals surface area contributed by atoms with Crippen molar-refractivity contribution in [3.05, 3.63) is 0 Å². The summed E-state index contributed by atoms with van der Waals surface area (Å²) < 4.78 is 37.6. The van der Waals surface area contributed by atoms with Gasteiger partial charge >= 0.3 is 6.18 Å². The molecule has 0 atom stereocenters. The fourth-order valence-electron chi connectivity index (χ4n) is 3.42. The first-order valence-electron chi connectivity index (χ1n) is 7.43. The third-order valence-corrected chi connectivity index (χ3v) is 4.67. The summed E-state index contributed by atoms with van der Waals surface area (Å²) >= 11 is 0.